The van der Waals surface area contributed by atoms with Crippen LogP contribution in [0.25, 0.3) is 0 Å². The number of aromatic hydroxyl groups is 2. The van der Waals surface area contributed by atoms with Gasteiger partial charge in [0.15, 0.2) is 11.5 Å². The molecule has 0 saturated heterocycles. The van der Waals surface area contributed by atoms with Gasteiger partial charge in [0.05, 0.1) is 12.1 Å². The summed E-state index contributed by atoms with van der Waals surface area (Å²) < 4.78 is 0. The number of hydrogen-bond donors (Lipinski definition) is 4. The Bertz CT molecular complexity index is 732. The second-order valence-electron chi connectivity index (χ2n) is 4.04. The van der Waals surface area contributed by atoms with Gasteiger partial charge in [-0.25, -0.2) is 4.98 Å². The number of carbonyl (C=O) groups excluding carboxylic acids is 1. The first-order valence-corrected chi connectivity index (χ1v) is 6.10. The number of nitrogens with one attached hydrogen (secondary N) is 1. The van der Waals surface area contributed by atoms with Crippen LogP contribution in [0.5, 0.6) is 11.5 Å². The summed E-state index contributed by atoms with van der Waals surface area (Å²) in [5, 5.41) is 21.6. The van der Waals surface area contributed by atoms with E-state index in [0.29, 0.717) is 5.69 Å². The number of amides is 1. The summed E-state index contributed by atoms with van der Waals surface area (Å²) in [5.41, 5.74) is 5.70. The van der Waals surface area contributed by atoms with Crippen molar-refractivity contribution in [1.29, 1.82) is 0 Å². The molecule has 1 aromatic carbocycles. The summed E-state index contributed by atoms with van der Waals surface area (Å²) in [7, 11) is 0. The van der Waals surface area contributed by atoms with E-state index in [1.807, 2.05) is 0 Å². The molecule has 0 radical (unpaired) electrons. The fourth-order valence-electron chi connectivity index (χ4n) is 1.61. The van der Waals surface area contributed by atoms with Gasteiger partial charge in [0.1, 0.15) is 11.5 Å². The standard InChI is InChI=1S/C15H13N3O3/c16-9-3-5-10-4-1-8-13(17-10)18-15(21)11-6-2-7-12(19)14(11)20/h1-2,4,6-8,19-20H,9,16H2,(H,17,18,21). The van der Waals surface area contributed by atoms with Crippen molar-refractivity contribution in [2.45, 2.75) is 0 Å². The number of rotatable bonds is 2. The number of phenols is 2. The SMILES string of the molecule is NCC#Cc1cccc(NC(=O)c2cccc(O)c2O)n1. The molecule has 1 amide bonds. The molecule has 6 heteroatoms. The fourth-order valence-corrected chi connectivity index (χ4v) is 1.61. The molecule has 0 aliphatic heterocycles. The molecule has 6 nitrogen and oxygen atoms in total. The summed E-state index contributed by atoms with van der Waals surface area (Å²) in [6, 6.07) is 9.09. The number of anilines is 1. The molecule has 0 saturated carbocycles. The molecule has 0 atom stereocenters. The number of para-hydroxylation sites is 1. The van der Waals surface area contributed by atoms with E-state index in [0.717, 1.165) is 0 Å². The van der Waals surface area contributed by atoms with E-state index < -0.39 is 11.7 Å². The number of carbonyl (C=O) groups is 1. The molecule has 0 aliphatic rings. The topological polar surface area (TPSA) is 108 Å². The van der Waals surface area contributed by atoms with E-state index in [1.165, 1.54) is 18.2 Å². The number of benzene rings is 1. The molecule has 0 bridgehead atoms. The van der Waals surface area contributed by atoms with E-state index in [2.05, 4.69) is 22.1 Å². The number of pyridine rings is 1. The van der Waals surface area contributed by atoms with Crippen molar-refractivity contribution in [3.63, 3.8) is 0 Å². The Morgan fingerprint density at radius 1 is 1.24 bits per heavy atom. The van der Waals surface area contributed by atoms with E-state index in [4.69, 9.17) is 5.73 Å². The third kappa shape index (κ3) is 3.49. The van der Waals surface area contributed by atoms with Crippen LogP contribution < -0.4 is 11.1 Å². The van der Waals surface area contributed by atoms with Crippen molar-refractivity contribution in [3.8, 4) is 23.3 Å². The van der Waals surface area contributed by atoms with Crippen LogP contribution in [-0.4, -0.2) is 27.6 Å². The van der Waals surface area contributed by atoms with Crippen LogP contribution >= 0.6 is 0 Å². The Hall–Kier alpha value is -3.04. The molecule has 1 heterocycles. The fraction of sp³-hybridized carbons (Fsp3) is 0.0667. The summed E-state index contributed by atoms with van der Waals surface area (Å²) >= 11 is 0. The molecule has 0 unspecified atom stereocenters. The summed E-state index contributed by atoms with van der Waals surface area (Å²) in [4.78, 5) is 16.2. The van der Waals surface area contributed by atoms with Crippen LogP contribution in [-0.2, 0) is 0 Å². The first kappa shape index (κ1) is 14.4. The molecule has 2 rings (SSSR count). The maximum atomic E-state index is 12.0. The number of nitrogens with zero attached hydrogens (tertiary/aromatic N) is 1. The normalized spacial score (nSPS) is 9.57. The van der Waals surface area contributed by atoms with E-state index >= 15 is 0 Å². The number of hydrogen-bond acceptors (Lipinski definition) is 5. The van der Waals surface area contributed by atoms with E-state index in [-0.39, 0.29) is 23.7 Å². The lowest BCUT2D eigenvalue weighted by atomic mass is 10.1. The van der Waals surface area contributed by atoms with Gasteiger partial charge in [-0.1, -0.05) is 18.1 Å². The quantitative estimate of drug-likeness (QED) is 0.487. The Labute approximate surface area is 121 Å². The third-order valence-corrected chi connectivity index (χ3v) is 2.57. The van der Waals surface area contributed by atoms with Gasteiger partial charge in [0.25, 0.3) is 5.91 Å². The number of aromatic nitrogens is 1. The van der Waals surface area contributed by atoms with E-state index in [1.54, 1.807) is 18.2 Å². The van der Waals surface area contributed by atoms with Gasteiger partial charge in [0.2, 0.25) is 0 Å². The average Bonchev–Trinajstić information content (AvgIpc) is 2.48. The lowest BCUT2D eigenvalue weighted by Crippen LogP contribution is -2.13. The Morgan fingerprint density at radius 3 is 2.76 bits per heavy atom. The minimum atomic E-state index is -0.583. The molecule has 0 spiro atoms. The van der Waals surface area contributed by atoms with Crippen molar-refractivity contribution in [2.75, 3.05) is 11.9 Å². The lowest BCUT2D eigenvalue weighted by molar-refractivity contribution is 0.102. The Morgan fingerprint density at radius 2 is 2.00 bits per heavy atom. The number of nitrogens with two attached hydrogens (primary N) is 1. The Balaban J connectivity index is 2.22. The lowest BCUT2D eigenvalue weighted by Gasteiger charge is -2.07. The summed E-state index contributed by atoms with van der Waals surface area (Å²) in [5.74, 6) is 4.27. The maximum Gasteiger partial charge on any atom is 0.260 e. The average molecular weight is 283 g/mol. The molecule has 106 valence electrons. The van der Waals surface area contributed by atoms with Crippen molar-refractivity contribution >= 4 is 11.7 Å². The van der Waals surface area contributed by atoms with Crippen LogP contribution in [0.15, 0.2) is 36.4 Å². The van der Waals surface area contributed by atoms with Gasteiger partial charge in [-0.2, -0.15) is 0 Å². The zero-order chi connectivity index (χ0) is 15.2. The first-order chi connectivity index (χ1) is 10.1. The summed E-state index contributed by atoms with van der Waals surface area (Å²) in [6.07, 6.45) is 0. The van der Waals surface area contributed by atoms with Crippen molar-refractivity contribution < 1.29 is 15.0 Å². The minimum absolute atomic E-state index is 0.0461. The van der Waals surface area contributed by atoms with Crippen LogP contribution in [0.1, 0.15) is 16.1 Å². The zero-order valence-electron chi connectivity index (χ0n) is 11.0. The highest BCUT2D eigenvalue weighted by Crippen LogP contribution is 2.28. The monoisotopic (exact) mass is 283 g/mol. The van der Waals surface area contributed by atoms with Crippen LogP contribution in [0, 0.1) is 11.8 Å². The highest BCUT2D eigenvalue weighted by Gasteiger charge is 2.14. The van der Waals surface area contributed by atoms with Crippen molar-refractivity contribution in [1.82, 2.24) is 4.98 Å². The molecule has 21 heavy (non-hydrogen) atoms. The second-order valence-corrected chi connectivity index (χ2v) is 4.04. The Kier molecular flexibility index (Phi) is 4.39. The molecular formula is C15H13N3O3. The van der Waals surface area contributed by atoms with Gasteiger partial charge in [-0.05, 0) is 30.2 Å². The largest absolute Gasteiger partial charge is 0.504 e. The van der Waals surface area contributed by atoms with Crippen molar-refractivity contribution in [3.05, 3.63) is 47.7 Å². The van der Waals surface area contributed by atoms with Gasteiger partial charge < -0.3 is 21.3 Å². The highest BCUT2D eigenvalue weighted by atomic mass is 16.3. The predicted octanol–water partition coefficient (Wildman–Crippen LogP) is 1.06. The molecule has 2 aromatic rings. The molecule has 0 aliphatic carbocycles. The van der Waals surface area contributed by atoms with Crippen LogP contribution in [0.4, 0.5) is 5.82 Å². The van der Waals surface area contributed by atoms with Crippen LogP contribution in [0.3, 0.4) is 0 Å². The predicted molar refractivity (Wildman–Crippen MR) is 77.9 cm³/mol. The highest BCUT2D eigenvalue weighted by molar-refractivity contribution is 6.06. The zero-order valence-corrected chi connectivity index (χ0v) is 11.0. The van der Waals surface area contributed by atoms with Gasteiger partial charge in [-0.3, -0.25) is 4.79 Å². The van der Waals surface area contributed by atoms with Crippen LogP contribution in [0.2, 0.25) is 0 Å². The first-order valence-electron chi connectivity index (χ1n) is 6.10. The molecule has 1 aromatic heterocycles. The van der Waals surface area contributed by atoms with Gasteiger partial charge in [0, 0.05) is 0 Å². The van der Waals surface area contributed by atoms with Crippen molar-refractivity contribution in [2.24, 2.45) is 5.73 Å². The van der Waals surface area contributed by atoms with Gasteiger partial charge >= 0.3 is 0 Å². The second kappa shape index (κ2) is 6.41. The number of phenolic OH excluding ortho intramolecular Hbond substituents is 2. The summed E-state index contributed by atoms with van der Waals surface area (Å²) in [6.45, 7) is 0.218. The minimum Gasteiger partial charge on any atom is -0.504 e. The smallest absolute Gasteiger partial charge is 0.260 e. The molecule has 0 fully saturated rings. The third-order valence-electron chi connectivity index (χ3n) is 2.57. The van der Waals surface area contributed by atoms with E-state index in [9.17, 15) is 15.0 Å². The maximum absolute atomic E-state index is 12.0. The molecule has 5 N–H and O–H groups in total. The molecular weight excluding hydrogens is 270 g/mol. The van der Waals surface area contributed by atoms with Gasteiger partial charge in [-0.15, -0.1) is 0 Å².